The van der Waals surface area contributed by atoms with Crippen LogP contribution in [-0.2, 0) is 23.8 Å². The molecule has 8 heteroatoms. The lowest BCUT2D eigenvalue weighted by atomic mass is 10.0. The van der Waals surface area contributed by atoms with E-state index in [1.807, 2.05) is 5.32 Å². The summed E-state index contributed by atoms with van der Waals surface area (Å²) < 4.78 is 14.4. The van der Waals surface area contributed by atoms with Crippen molar-refractivity contribution in [3.63, 3.8) is 0 Å². The van der Waals surface area contributed by atoms with Crippen LogP contribution in [0, 0.1) is 11.3 Å². The summed E-state index contributed by atoms with van der Waals surface area (Å²) in [4.78, 5) is 35.9. The zero-order valence-electron chi connectivity index (χ0n) is 13.9. The largest absolute Gasteiger partial charge is 0.466 e. The molecule has 1 atom stereocenters. The van der Waals surface area contributed by atoms with Crippen LogP contribution in [0.1, 0.15) is 41.5 Å². The van der Waals surface area contributed by atoms with Crippen molar-refractivity contribution in [2.24, 2.45) is 0 Å². The zero-order valence-corrected chi connectivity index (χ0v) is 13.9. The first-order valence-electron chi connectivity index (χ1n) is 6.51. The fourth-order valence-corrected chi connectivity index (χ4v) is 1.27. The highest BCUT2D eigenvalue weighted by atomic mass is 16.6. The summed E-state index contributed by atoms with van der Waals surface area (Å²) in [6.45, 7) is 9.43. The molecule has 1 unspecified atom stereocenters. The van der Waals surface area contributed by atoms with Gasteiger partial charge in [-0.2, -0.15) is 5.26 Å². The highest BCUT2D eigenvalue weighted by Gasteiger charge is 2.53. The van der Waals surface area contributed by atoms with Gasteiger partial charge in [-0.15, -0.1) is 0 Å². The molecule has 1 amide bonds. The Morgan fingerprint density at radius 2 is 1.36 bits per heavy atom. The fourth-order valence-electron chi connectivity index (χ4n) is 1.27. The molecular weight excluding hydrogens is 292 g/mol. The minimum Gasteiger partial charge on any atom is -0.466 e. The van der Waals surface area contributed by atoms with Gasteiger partial charge in [-0.1, -0.05) is 0 Å². The molecule has 124 valence electrons. The quantitative estimate of drug-likeness (QED) is 0.474. The number of carbonyl (C=O) groups excluding carboxylic acids is 3. The van der Waals surface area contributed by atoms with E-state index in [4.69, 9.17) is 9.47 Å². The first-order valence-corrected chi connectivity index (χ1v) is 6.51. The summed E-state index contributed by atoms with van der Waals surface area (Å²) in [6, 6.07) is 1.44. The number of hydrogen-bond donors (Lipinski definition) is 1. The molecule has 0 radical (unpaired) electrons. The lowest BCUT2D eigenvalue weighted by Gasteiger charge is -2.29. The van der Waals surface area contributed by atoms with Gasteiger partial charge in [0.15, 0.2) is 0 Å². The molecular formula is C14H22N2O6. The molecule has 1 N–H and O–H groups in total. The maximum absolute atomic E-state index is 12.2. The average molecular weight is 314 g/mol. The summed E-state index contributed by atoms with van der Waals surface area (Å²) >= 11 is 0. The molecule has 8 nitrogen and oxygen atoms in total. The lowest BCUT2D eigenvalue weighted by Crippen LogP contribution is -2.61. The number of alkyl carbamates (subject to hydrolysis) is 1. The van der Waals surface area contributed by atoms with Crippen molar-refractivity contribution < 1.29 is 28.6 Å². The monoisotopic (exact) mass is 314 g/mol. The second-order valence-corrected chi connectivity index (χ2v) is 6.48. The van der Waals surface area contributed by atoms with Crippen molar-refractivity contribution in [2.75, 3.05) is 7.11 Å². The van der Waals surface area contributed by atoms with Gasteiger partial charge in [0.05, 0.1) is 7.11 Å². The Morgan fingerprint density at radius 3 is 1.68 bits per heavy atom. The van der Waals surface area contributed by atoms with Crippen molar-refractivity contribution in [2.45, 2.75) is 58.3 Å². The third-order valence-electron chi connectivity index (χ3n) is 2.05. The molecule has 0 aliphatic rings. The van der Waals surface area contributed by atoms with Gasteiger partial charge in [0, 0.05) is 0 Å². The second-order valence-electron chi connectivity index (χ2n) is 6.48. The highest BCUT2D eigenvalue weighted by Crippen LogP contribution is 2.17. The van der Waals surface area contributed by atoms with E-state index < -0.39 is 34.8 Å². The summed E-state index contributed by atoms with van der Waals surface area (Å²) in [6.07, 6.45) is -1.12. The Bertz CT molecular complexity index is 495. The third-order valence-corrected chi connectivity index (χ3v) is 2.05. The number of rotatable bonds is 3. The SMILES string of the molecule is COC(=O)C(C#N)(NC(=O)OC(C)(C)C)C(=O)OC(C)(C)C. The van der Waals surface area contributed by atoms with E-state index in [0.29, 0.717) is 0 Å². The normalized spacial score (nSPS) is 14.1. The van der Waals surface area contributed by atoms with Gasteiger partial charge in [0.25, 0.3) is 0 Å². The molecule has 0 rings (SSSR count). The van der Waals surface area contributed by atoms with Crippen molar-refractivity contribution in [3.8, 4) is 6.07 Å². The minimum atomic E-state index is -2.63. The van der Waals surface area contributed by atoms with Gasteiger partial charge >= 0.3 is 23.6 Å². The Kier molecular flexibility index (Phi) is 5.95. The molecule has 0 aromatic rings. The van der Waals surface area contributed by atoms with E-state index in [9.17, 15) is 19.6 Å². The van der Waals surface area contributed by atoms with E-state index in [-0.39, 0.29) is 0 Å². The van der Waals surface area contributed by atoms with Gasteiger partial charge in [-0.05, 0) is 41.5 Å². The molecule has 0 bridgehead atoms. The van der Waals surface area contributed by atoms with E-state index in [1.165, 1.54) is 6.07 Å². The molecule has 0 aliphatic heterocycles. The second kappa shape index (κ2) is 6.64. The van der Waals surface area contributed by atoms with Crippen molar-refractivity contribution in [3.05, 3.63) is 0 Å². The van der Waals surface area contributed by atoms with Crippen LogP contribution in [0.4, 0.5) is 4.79 Å². The summed E-state index contributed by atoms with van der Waals surface area (Å²) in [5.74, 6) is -2.52. The number of ether oxygens (including phenoxy) is 3. The van der Waals surface area contributed by atoms with Crippen LogP contribution in [-0.4, -0.2) is 41.9 Å². The van der Waals surface area contributed by atoms with Gasteiger partial charge in [-0.25, -0.2) is 14.4 Å². The number of esters is 2. The van der Waals surface area contributed by atoms with Gasteiger partial charge in [0.1, 0.15) is 17.3 Å². The van der Waals surface area contributed by atoms with E-state index in [0.717, 1.165) is 7.11 Å². The number of nitrogens with one attached hydrogen (secondary N) is 1. The summed E-state index contributed by atoms with van der Waals surface area (Å²) in [5, 5.41) is 11.2. The van der Waals surface area contributed by atoms with E-state index >= 15 is 0 Å². The van der Waals surface area contributed by atoms with Crippen molar-refractivity contribution in [1.29, 1.82) is 5.26 Å². The Morgan fingerprint density at radius 1 is 0.909 bits per heavy atom. The number of carbonyl (C=O) groups is 3. The molecule has 0 aromatic heterocycles. The number of amides is 1. The molecule has 0 fully saturated rings. The average Bonchev–Trinajstić information content (AvgIpc) is 2.30. The number of nitrogens with zero attached hydrogens (tertiary/aromatic N) is 1. The minimum absolute atomic E-state index is 0.880. The predicted molar refractivity (Wildman–Crippen MR) is 75.6 cm³/mol. The molecule has 0 saturated carbocycles. The highest BCUT2D eigenvalue weighted by molar-refractivity contribution is 6.10. The van der Waals surface area contributed by atoms with Crippen LogP contribution in [0.5, 0.6) is 0 Å². The van der Waals surface area contributed by atoms with Gasteiger partial charge < -0.3 is 14.2 Å². The zero-order chi connectivity index (χ0) is 17.8. The maximum Gasteiger partial charge on any atom is 0.409 e. The predicted octanol–water partition coefficient (Wildman–Crippen LogP) is 1.29. The lowest BCUT2D eigenvalue weighted by molar-refractivity contribution is -0.168. The summed E-state index contributed by atoms with van der Waals surface area (Å²) in [7, 11) is 0.982. The van der Waals surface area contributed by atoms with Gasteiger partial charge in [-0.3, -0.25) is 5.32 Å². The van der Waals surface area contributed by atoms with Crippen LogP contribution in [0.15, 0.2) is 0 Å². The molecule has 0 aliphatic carbocycles. The Labute approximate surface area is 129 Å². The van der Waals surface area contributed by atoms with E-state index in [2.05, 4.69) is 4.74 Å². The molecule has 0 saturated heterocycles. The van der Waals surface area contributed by atoms with Crippen molar-refractivity contribution >= 4 is 18.0 Å². The summed E-state index contributed by atoms with van der Waals surface area (Å²) in [5.41, 5.74) is -4.48. The van der Waals surface area contributed by atoms with Gasteiger partial charge in [0.2, 0.25) is 0 Å². The van der Waals surface area contributed by atoms with E-state index in [1.54, 1.807) is 41.5 Å². The number of nitriles is 1. The smallest absolute Gasteiger partial charge is 0.409 e. The first kappa shape index (κ1) is 19.7. The maximum atomic E-state index is 12.2. The van der Waals surface area contributed by atoms with Crippen molar-refractivity contribution in [1.82, 2.24) is 5.32 Å². The fraction of sp³-hybridized carbons (Fsp3) is 0.714. The third kappa shape index (κ3) is 5.60. The Balaban J connectivity index is 5.55. The standard InChI is InChI=1S/C14H22N2O6/c1-12(2,3)21-10(18)14(8-15,9(17)20-7)16-11(19)22-13(4,5)6/h1-7H3,(H,16,19). The molecule has 0 aromatic carbocycles. The van der Waals surface area contributed by atoms with Crippen LogP contribution < -0.4 is 5.32 Å². The number of methoxy groups -OCH3 is 1. The Hall–Kier alpha value is -2.30. The van der Waals surface area contributed by atoms with Crippen LogP contribution in [0.3, 0.4) is 0 Å². The molecule has 22 heavy (non-hydrogen) atoms. The topological polar surface area (TPSA) is 115 Å². The van der Waals surface area contributed by atoms with Crippen LogP contribution in [0.2, 0.25) is 0 Å². The van der Waals surface area contributed by atoms with Crippen LogP contribution >= 0.6 is 0 Å². The number of hydrogen-bond acceptors (Lipinski definition) is 7. The molecule has 0 heterocycles. The molecule has 0 spiro atoms. The first-order chi connectivity index (χ1) is 9.77. The van der Waals surface area contributed by atoms with Crippen LogP contribution in [0.25, 0.3) is 0 Å².